The lowest BCUT2D eigenvalue weighted by atomic mass is 10.1. The Balaban J connectivity index is 1.82. The van der Waals surface area contributed by atoms with Gasteiger partial charge in [0.1, 0.15) is 5.82 Å². The first kappa shape index (κ1) is 16.5. The number of hydrogen-bond donors (Lipinski definition) is 1. The summed E-state index contributed by atoms with van der Waals surface area (Å²) in [7, 11) is 0. The first-order valence-electron chi connectivity index (χ1n) is 8.35. The lowest BCUT2D eigenvalue weighted by Gasteiger charge is -2.12. The first-order chi connectivity index (χ1) is 12.5. The van der Waals surface area contributed by atoms with Crippen LogP contribution in [0.4, 0.5) is 11.5 Å². The monoisotopic (exact) mass is 363 g/mol. The smallest absolute Gasteiger partial charge is 0.254 e. The molecule has 4 rings (SSSR count). The van der Waals surface area contributed by atoms with E-state index in [9.17, 15) is 0 Å². The van der Waals surface area contributed by atoms with E-state index in [1.54, 1.807) is 4.52 Å². The third-order valence-corrected chi connectivity index (χ3v) is 4.66. The van der Waals surface area contributed by atoms with Gasteiger partial charge in [0.05, 0.1) is 0 Å². The number of rotatable bonds is 3. The lowest BCUT2D eigenvalue weighted by Crippen LogP contribution is -2.04. The number of fused-ring (bicyclic) bond motifs is 1. The van der Waals surface area contributed by atoms with Gasteiger partial charge in [-0.05, 0) is 62.2 Å². The van der Waals surface area contributed by atoms with E-state index in [-0.39, 0.29) is 0 Å². The van der Waals surface area contributed by atoms with Crippen LogP contribution in [0.2, 0.25) is 5.02 Å². The number of aryl methyl sites for hydroxylation is 2. The number of halogens is 1. The zero-order valence-electron chi connectivity index (χ0n) is 14.8. The van der Waals surface area contributed by atoms with Gasteiger partial charge in [0, 0.05) is 28.0 Å². The van der Waals surface area contributed by atoms with Gasteiger partial charge in [0.25, 0.3) is 5.78 Å². The third-order valence-electron chi connectivity index (χ3n) is 4.41. The maximum Gasteiger partial charge on any atom is 0.254 e. The van der Waals surface area contributed by atoms with Crippen molar-refractivity contribution in [3.8, 4) is 11.4 Å². The second kappa shape index (κ2) is 6.42. The van der Waals surface area contributed by atoms with Crippen molar-refractivity contribution >= 4 is 28.9 Å². The van der Waals surface area contributed by atoms with E-state index in [0.29, 0.717) is 16.6 Å². The van der Waals surface area contributed by atoms with E-state index in [1.165, 1.54) is 11.1 Å². The number of anilines is 2. The SMILES string of the molecule is Cc1cc(Nc2cccc(C)c2C)n2nc(-c3ccc(Cl)cc3)nc2n1. The number of nitrogens with zero attached hydrogens (tertiary/aromatic N) is 4. The standard InChI is InChI=1S/C20H18ClN5/c1-12-5-4-6-17(14(12)3)23-18-11-13(2)22-20-24-19(25-26(18)20)15-7-9-16(21)10-8-15/h4-11,23H,1-3H3. The van der Waals surface area contributed by atoms with Crippen molar-refractivity contribution in [2.75, 3.05) is 5.32 Å². The van der Waals surface area contributed by atoms with Crippen LogP contribution >= 0.6 is 11.6 Å². The topological polar surface area (TPSA) is 55.1 Å². The van der Waals surface area contributed by atoms with Crippen molar-refractivity contribution < 1.29 is 0 Å². The molecule has 0 saturated carbocycles. The summed E-state index contributed by atoms with van der Waals surface area (Å²) in [4.78, 5) is 9.08. The second-order valence-electron chi connectivity index (χ2n) is 6.31. The minimum absolute atomic E-state index is 0.558. The normalized spacial score (nSPS) is 11.1. The average molecular weight is 364 g/mol. The predicted molar refractivity (Wildman–Crippen MR) is 105 cm³/mol. The van der Waals surface area contributed by atoms with E-state index in [1.807, 2.05) is 43.3 Å². The van der Waals surface area contributed by atoms with Crippen molar-refractivity contribution in [2.45, 2.75) is 20.8 Å². The summed E-state index contributed by atoms with van der Waals surface area (Å²) in [5, 5.41) is 8.79. The number of benzene rings is 2. The zero-order chi connectivity index (χ0) is 18.3. The Hall–Kier alpha value is -2.92. The molecular weight excluding hydrogens is 346 g/mol. The van der Waals surface area contributed by atoms with Gasteiger partial charge in [0.15, 0.2) is 5.82 Å². The second-order valence-corrected chi connectivity index (χ2v) is 6.75. The Bertz CT molecular complexity index is 1100. The van der Waals surface area contributed by atoms with E-state index in [2.05, 4.69) is 46.4 Å². The van der Waals surface area contributed by atoms with Gasteiger partial charge in [0.2, 0.25) is 0 Å². The molecule has 1 N–H and O–H groups in total. The van der Waals surface area contributed by atoms with Crippen molar-refractivity contribution in [2.24, 2.45) is 0 Å². The summed E-state index contributed by atoms with van der Waals surface area (Å²) in [6.45, 7) is 6.15. The Morgan fingerprint density at radius 1 is 0.962 bits per heavy atom. The molecule has 6 heteroatoms. The van der Waals surface area contributed by atoms with Crippen LogP contribution < -0.4 is 5.32 Å². The summed E-state index contributed by atoms with van der Waals surface area (Å²) in [6.07, 6.45) is 0. The van der Waals surface area contributed by atoms with Gasteiger partial charge in [-0.3, -0.25) is 0 Å². The van der Waals surface area contributed by atoms with Gasteiger partial charge in [-0.1, -0.05) is 23.7 Å². The van der Waals surface area contributed by atoms with Gasteiger partial charge in [-0.25, -0.2) is 4.98 Å². The van der Waals surface area contributed by atoms with Gasteiger partial charge in [-0.15, -0.1) is 5.10 Å². The van der Waals surface area contributed by atoms with Crippen molar-refractivity contribution in [1.82, 2.24) is 19.6 Å². The maximum absolute atomic E-state index is 5.97. The molecule has 0 amide bonds. The van der Waals surface area contributed by atoms with Crippen LogP contribution in [-0.2, 0) is 0 Å². The van der Waals surface area contributed by atoms with Crippen LogP contribution in [-0.4, -0.2) is 19.6 Å². The van der Waals surface area contributed by atoms with Crippen molar-refractivity contribution in [3.05, 3.63) is 70.4 Å². The first-order valence-corrected chi connectivity index (χ1v) is 8.72. The molecule has 0 aliphatic carbocycles. The molecule has 0 unspecified atom stereocenters. The Kier molecular flexibility index (Phi) is 4.09. The molecule has 0 saturated heterocycles. The summed E-state index contributed by atoms with van der Waals surface area (Å²) in [5.74, 6) is 2.00. The lowest BCUT2D eigenvalue weighted by molar-refractivity contribution is 0.939. The Morgan fingerprint density at radius 3 is 2.50 bits per heavy atom. The average Bonchev–Trinajstić information content (AvgIpc) is 3.03. The van der Waals surface area contributed by atoms with Crippen LogP contribution in [0.15, 0.2) is 48.5 Å². The third kappa shape index (κ3) is 3.02. The fourth-order valence-corrected chi connectivity index (χ4v) is 2.95. The van der Waals surface area contributed by atoms with E-state index in [4.69, 9.17) is 11.6 Å². The molecule has 0 aliphatic rings. The molecule has 2 aromatic heterocycles. The minimum atomic E-state index is 0.558. The molecule has 0 bridgehead atoms. The molecule has 4 aromatic rings. The molecule has 2 aromatic carbocycles. The van der Waals surface area contributed by atoms with Crippen molar-refractivity contribution in [3.63, 3.8) is 0 Å². The molecule has 5 nitrogen and oxygen atoms in total. The largest absolute Gasteiger partial charge is 0.340 e. The fourth-order valence-electron chi connectivity index (χ4n) is 2.82. The number of aromatic nitrogens is 4. The number of nitrogens with one attached hydrogen (secondary N) is 1. The summed E-state index contributed by atoms with van der Waals surface area (Å²) in [6, 6.07) is 15.6. The molecule has 130 valence electrons. The summed E-state index contributed by atoms with van der Waals surface area (Å²) in [5.41, 5.74) is 5.25. The quantitative estimate of drug-likeness (QED) is 0.549. The minimum Gasteiger partial charge on any atom is -0.340 e. The van der Waals surface area contributed by atoms with Crippen LogP contribution in [0.3, 0.4) is 0 Å². The van der Waals surface area contributed by atoms with E-state index in [0.717, 1.165) is 22.8 Å². The van der Waals surface area contributed by atoms with Gasteiger partial charge < -0.3 is 5.32 Å². The molecule has 0 atom stereocenters. The molecular formula is C20H18ClN5. The van der Waals surface area contributed by atoms with E-state index >= 15 is 0 Å². The molecule has 0 aliphatic heterocycles. The van der Waals surface area contributed by atoms with Gasteiger partial charge in [-0.2, -0.15) is 9.50 Å². The van der Waals surface area contributed by atoms with Crippen LogP contribution in [0.1, 0.15) is 16.8 Å². The zero-order valence-corrected chi connectivity index (χ0v) is 15.5. The fraction of sp³-hybridized carbons (Fsp3) is 0.150. The van der Waals surface area contributed by atoms with E-state index < -0.39 is 0 Å². The van der Waals surface area contributed by atoms with Crippen LogP contribution in [0, 0.1) is 20.8 Å². The van der Waals surface area contributed by atoms with Crippen LogP contribution in [0.5, 0.6) is 0 Å². The highest BCUT2D eigenvalue weighted by Crippen LogP contribution is 2.25. The molecule has 26 heavy (non-hydrogen) atoms. The molecule has 0 spiro atoms. The highest BCUT2D eigenvalue weighted by atomic mass is 35.5. The highest BCUT2D eigenvalue weighted by Gasteiger charge is 2.12. The van der Waals surface area contributed by atoms with Crippen LogP contribution in [0.25, 0.3) is 17.2 Å². The maximum atomic E-state index is 5.97. The number of hydrogen-bond acceptors (Lipinski definition) is 4. The highest BCUT2D eigenvalue weighted by molar-refractivity contribution is 6.30. The summed E-state index contributed by atoms with van der Waals surface area (Å²) < 4.78 is 1.73. The Labute approximate surface area is 156 Å². The molecule has 0 fully saturated rings. The van der Waals surface area contributed by atoms with Crippen molar-refractivity contribution in [1.29, 1.82) is 0 Å². The van der Waals surface area contributed by atoms with Gasteiger partial charge >= 0.3 is 0 Å². The molecule has 2 heterocycles. The Morgan fingerprint density at radius 2 is 1.73 bits per heavy atom. The predicted octanol–water partition coefficient (Wildman–Crippen LogP) is 5.11. The summed E-state index contributed by atoms with van der Waals surface area (Å²) >= 11 is 5.97. The molecule has 0 radical (unpaired) electrons.